The lowest BCUT2D eigenvalue weighted by Crippen LogP contribution is -2.38. The average molecular weight is 564 g/mol. The van der Waals surface area contributed by atoms with Crippen molar-refractivity contribution in [2.75, 3.05) is 51.3 Å². The van der Waals surface area contributed by atoms with Gasteiger partial charge in [0.15, 0.2) is 5.96 Å². The number of anilines is 1. The summed E-state index contributed by atoms with van der Waals surface area (Å²) in [4.78, 5) is 9.69. The van der Waals surface area contributed by atoms with Crippen LogP contribution >= 0.6 is 24.0 Å². The van der Waals surface area contributed by atoms with E-state index >= 15 is 0 Å². The standard InChI is InChI=1S/C26H37N5O.HI/c1-3-27-26(28-18-21-10-11-25-22(17-21)9-6-12-30(25)2)29-19-23-7-4-5-8-24(23)20-31-13-15-32-16-14-31;/h4-5,7-8,10-11,17H,3,6,9,12-16,18-20H2,1-2H3,(H2,27,28,29);1H. The van der Waals surface area contributed by atoms with E-state index in [-0.39, 0.29) is 24.0 Å². The lowest BCUT2D eigenvalue weighted by molar-refractivity contribution is 0.0341. The van der Waals surface area contributed by atoms with Crippen molar-refractivity contribution in [3.8, 4) is 0 Å². The fraction of sp³-hybridized carbons (Fsp3) is 0.500. The Morgan fingerprint density at radius 2 is 1.82 bits per heavy atom. The van der Waals surface area contributed by atoms with Crippen molar-refractivity contribution in [1.82, 2.24) is 15.5 Å². The van der Waals surface area contributed by atoms with Gasteiger partial charge < -0.3 is 20.3 Å². The largest absolute Gasteiger partial charge is 0.379 e. The highest BCUT2D eigenvalue weighted by molar-refractivity contribution is 14.0. The van der Waals surface area contributed by atoms with Gasteiger partial charge in [-0.2, -0.15) is 0 Å². The highest BCUT2D eigenvalue weighted by atomic mass is 127. The third-order valence-corrected chi connectivity index (χ3v) is 6.32. The van der Waals surface area contributed by atoms with Crippen molar-refractivity contribution < 1.29 is 4.74 Å². The Kier molecular flexibility index (Phi) is 10.3. The Hall–Kier alpha value is -1.84. The number of hydrogen-bond acceptors (Lipinski definition) is 4. The van der Waals surface area contributed by atoms with E-state index in [2.05, 4.69) is 76.9 Å². The minimum Gasteiger partial charge on any atom is -0.379 e. The highest BCUT2D eigenvalue weighted by Gasteiger charge is 2.14. The highest BCUT2D eigenvalue weighted by Crippen LogP contribution is 2.27. The molecule has 0 radical (unpaired) electrons. The molecule has 1 saturated heterocycles. The van der Waals surface area contributed by atoms with Crippen LogP contribution in [0.2, 0.25) is 0 Å². The number of hydrogen-bond donors (Lipinski definition) is 2. The van der Waals surface area contributed by atoms with Gasteiger partial charge in [0.05, 0.1) is 19.8 Å². The van der Waals surface area contributed by atoms with Crippen molar-refractivity contribution in [2.45, 2.75) is 39.4 Å². The van der Waals surface area contributed by atoms with Crippen LogP contribution in [0.5, 0.6) is 0 Å². The summed E-state index contributed by atoms with van der Waals surface area (Å²) in [6.07, 6.45) is 2.39. The summed E-state index contributed by atoms with van der Waals surface area (Å²) in [5, 5.41) is 6.94. The number of halogens is 1. The molecule has 0 aliphatic carbocycles. The van der Waals surface area contributed by atoms with Crippen molar-refractivity contribution in [2.24, 2.45) is 4.99 Å². The maximum absolute atomic E-state index is 5.49. The van der Waals surface area contributed by atoms with Gasteiger partial charge in [0.25, 0.3) is 0 Å². The topological polar surface area (TPSA) is 52.1 Å². The van der Waals surface area contributed by atoms with Gasteiger partial charge in [-0.1, -0.05) is 36.4 Å². The second-order valence-corrected chi connectivity index (χ2v) is 8.69. The fourth-order valence-electron chi connectivity index (χ4n) is 4.51. The molecule has 1 fully saturated rings. The van der Waals surface area contributed by atoms with Gasteiger partial charge in [0.2, 0.25) is 0 Å². The summed E-state index contributed by atoms with van der Waals surface area (Å²) in [6.45, 7) is 10.2. The van der Waals surface area contributed by atoms with E-state index in [1.54, 1.807) is 0 Å². The monoisotopic (exact) mass is 563 g/mol. The van der Waals surface area contributed by atoms with E-state index in [0.29, 0.717) is 6.54 Å². The Balaban J connectivity index is 0.00000306. The quantitative estimate of drug-likeness (QED) is 0.305. The van der Waals surface area contributed by atoms with Crippen LogP contribution in [0.3, 0.4) is 0 Å². The van der Waals surface area contributed by atoms with Crippen LogP contribution in [0.4, 0.5) is 5.69 Å². The van der Waals surface area contributed by atoms with Gasteiger partial charge in [-0.15, -0.1) is 24.0 Å². The molecule has 6 nitrogen and oxygen atoms in total. The number of nitrogens with one attached hydrogen (secondary N) is 2. The smallest absolute Gasteiger partial charge is 0.191 e. The molecule has 33 heavy (non-hydrogen) atoms. The zero-order chi connectivity index (χ0) is 22.2. The van der Waals surface area contributed by atoms with E-state index in [9.17, 15) is 0 Å². The summed E-state index contributed by atoms with van der Waals surface area (Å²) < 4.78 is 5.49. The van der Waals surface area contributed by atoms with Gasteiger partial charge in [-0.25, -0.2) is 4.99 Å². The number of nitrogens with zero attached hydrogens (tertiary/aromatic N) is 3. The zero-order valence-corrected chi connectivity index (χ0v) is 22.3. The summed E-state index contributed by atoms with van der Waals surface area (Å²) >= 11 is 0. The Bertz CT molecular complexity index is 913. The van der Waals surface area contributed by atoms with Crippen LogP contribution in [0.1, 0.15) is 35.6 Å². The van der Waals surface area contributed by atoms with E-state index in [4.69, 9.17) is 9.73 Å². The predicted molar refractivity (Wildman–Crippen MR) is 148 cm³/mol. The number of aryl methyl sites for hydroxylation is 1. The number of guanidine groups is 1. The second-order valence-electron chi connectivity index (χ2n) is 8.69. The van der Waals surface area contributed by atoms with E-state index < -0.39 is 0 Å². The van der Waals surface area contributed by atoms with Gasteiger partial charge in [-0.05, 0) is 48.1 Å². The molecule has 2 N–H and O–H groups in total. The molecule has 0 unspecified atom stereocenters. The van der Waals surface area contributed by atoms with Crippen molar-refractivity contribution in [3.63, 3.8) is 0 Å². The molecular formula is C26H38IN5O. The van der Waals surface area contributed by atoms with Gasteiger partial charge in [0.1, 0.15) is 0 Å². The molecule has 0 bridgehead atoms. The molecule has 0 aromatic heterocycles. The molecule has 2 aromatic carbocycles. The molecule has 0 spiro atoms. The minimum atomic E-state index is 0. The molecule has 2 aliphatic heterocycles. The van der Waals surface area contributed by atoms with Crippen LogP contribution in [-0.2, 0) is 30.8 Å². The first-order valence-corrected chi connectivity index (χ1v) is 11.9. The van der Waals surface area contributed by atoms with Crippen LogP contribution in [0, 0.1) is 0 Å². The molecule has 180 valence electrons. The number of benzene rings is 2. The summed E-state index contributed by atoms with van der Waals surface area (Å²) in [5.74, 6) is 0.864. The van der Waals surface area contributed by atoms with Crippen molar-refractivity contribution in [3.05, 3.63) is 64.7 Å². The summed E-state index contributed by atoms with van der Waals surface area (Å²) in [6, 6.07) is 15.5. The molecule has 0 atom stereocenters. The van der Waals surface area contributed by atoms with E-state index in [0.717, 1.165) is 64.9 Å². The lowest BCUT2D eigenvalue weighted by atomic mass is 10.00. The first kappa shape index (κ1) is 25.8. The average Bonchev–Trinajstić information content (AvgIpc) is 2.82. The third kappa shape index (κ3) is 7.32. The number of rotatable bonds is 7. The van der Waals surface area contributed by atoms with Gasteiger partial charge in [0, 0.05) is 52.0 Å². The summed E-state index contributed by atoms with van der Waals surface area (Å²) in [7, 11) is 2.18. The van der Waals surface area contributed by atoms with Gasteiger partial charge in [-0.3, -0.25) is 4.90 Å². The first-order chi connectivity index (χ1) is 15.7. The van der Waals surface area contributed by atoms with E-state index in [1.165, 1.54) is 34.4 Å². The maximum atomic E-state index is 5.49. The molecule has 7 heteroatoms. The molecule has 0 saturated carbocycles. The molecule has 0 amide bonds. The Morgan fingerprint density at radius 3 is 2.61 bits per heavy atom. The van der Waals surface area contributed by atoms with Crippen molar-refractivity contribution >= 4 is 35.6 Å². The number of morpholine rings is 1. The zero-order valence-electron chi connectivity index (χ0n) is 20.0. The Labute approximate surface area is 215 Å². The lowest BCUT2D eigenvalue weighted by Gasteiger charge is -2.27. The number of ether oxygens (including phenoxy) is 1. The maximum Gasteiger partial charge on any atom is 0.191 e. The summed E-state index contributed by atoms with van der Waals surface area (Å²) in [5.41, 5.74) is 6.77. The SMILES string of the molecule is CCNC(=NCc1ccc2c(c1)CCCN2C)NCc1ccccc1CN1CCOCC1.I. The molecule has 2 aliphatic rings. The van der Waals surface area contributed by atoms with Crippen molar-refractivity contribution in [1.29, 1.82) is 0 Å². The molecule has 2 heterocycles. The number of fused-ring (bicyclic) bond motifs is 1. The van der Waals surface area contributed by atoms with Crippen LogP contribution in [0.25, 0.3) is 0 Å². The van der Waals surface area contributed by atoms with E-state index in [1.807, 2.05) is 0 Å². The normalized spacial score (nSPS) is 16.7. The van der Waals surface area contributed by atoms with Crippen LogP contribution < -0.4 is 15.5 Å². The minimum absolute atomic E-state index is 0. The van der Waals surface area contributed by atoms with Crippen LogP contribution in [0.15, 0.2) is 47.5 Å². The fourth-order valence-corrected chi connectivity index (χ4v) is 4.51. The van der Waals surface area contributed by atoms with Crippen LogP contribution in [-0.4, -0.2) is 57.3 Å². The molecule has 4 rings (SSSR count). The van der Waals surface area contributed by atoms with Gasteiger partial charge >= 0.3 is 0 Å². The molecule has 2 aromatic rings. The number of aliphatic imine (C=N–C) groups is 1. The predicted octanol–water partition coefficient (Wildman–Crippen LogP) is 3.77. The second kappa shape index (κ2) is 13.2. The third-order valence-electron chi connectivity index (χ3n) is 6.32. The molecular weight excluding hydrogens is 525 g/mol. The Morgan fingerprint density at radius 1 is 1.03 bits per heavy atom. The first-order valence-electron chi connectivity index (χ1n) is 11.9.